The van der Waals surface area contributed by atoms with Crippen LogP contribution >= 0.6 is 0 Å². The summed E-state index contributed by atoms with van der Waals surface area (Å²) in [6.45, 7) is 7.10. The third-order valence-electron chi connectivity index (χ3n) is 5.35. The summed E-state index contributed by atoms with van der Waals surface area (Å²) in [7, 11) is 0. The first-order valence-electron chi connectivity index (χ1n) is 11.7. The Hall–Kier alpha value is -2.74. The van der Waals surface area contributed by atoms with Gasteiger partial charge in [-0.1, -0.05) is 50.2 Å². The molecule has 7 heteroatoms. The minimum atomic E-state index is -0.918. The van der Waals surface area contributed by atoms with Crippen molar-refractivity contribution in [2.45, 2.75) is 58.4 Å². The maximum atomic E-state index is 13.1. The SMILES string of the molecule is CCCN(CCC)C(=O)c1cccc(C(=O)N[C@@H](Cc2ccccc2)[C@H](O)CN[C@H](C)O)c1. The van der Waals surface area contributed by atoms with Crippen LogP contribution in [0.25, 0.3) is 0 Å². The van der Waals surface area contributed by atoms with Crippen molar-refractivity contribution in [3.8, 4) is 0 Å². The van der Waals surface area contributed by atoms with Crippen molar-refractivity contribution >= 4 is 11.8 Å². The summed E-state index contributed by atoms with van der Waals surface area (Å²) in [4.78, 5) is 27.8. The van der Waals surface area contributed by atoms with Gasteiger partial charge in [0, 0.05) is 30.8 Å². The average Bonchev–Trinajstić information content (AvgIpc) is 2.82. The molecule has 2 aromatic carbocycles. The van der Waals surface area contributed by atoms with Crippen LogP contribution in [-0.4, -0.2) is 64.9 Å². The van der Waals surface area contributed by atoms with E-state index in [1.165, 1.54) is 0 Å². The van der Waals surface area contributed by atoms with Gasteiger partial charge in [0.15, 0.2) is 0 Å². The van der Waals surface area contributed by atoms with Gasteiger partial charge in [-0.25, -0.2) is 0 Å². The minimum Gasteiger partial charge on any atom is -0.390 e. The van der Waals surface area contributed by atoms with Crippen LogP contribution in [0.15, 0.2) is 54.6 Å². The fraction of sp³-hybridized carbons (Fsp3) is 0.462. The number of hydrogen-bond acceptors (Lipinski definition) is 5. The topological polar surface area (TPSA) is 102 Å². The van der Waals surface area contributed by atoms with Crippen molar-refractivity contribution < 1.29 is 19.8 Å². The van der Waals surface area contributed by atoms with E-state index in [1.54, 1.807) is 36.1 Å². The van der Waals surface area contributed by atoms with Gasteiger partial charge in [0.25, 0.3) is 11.8 Å². The Morgan fingerprint density at radius 1 is 0.939 bits per heavy atom. The molecule has 0 fully saturated rings. The van der Waals surface area contributed by atoms with E-state index in [0.717, 1.165) is 18.4 Å². The number of nitrogens with one attached hydrogen (secondary N) is 2. The molecule has 180 valence electrons. The molecule has 3 atom stereocenters. The lowest BCUT2D eigenvalue weighted by atomic mass is 10.00. The fourth-order valence-corrected chi connectivity index (χ4v) is 3.67. The Morgan fingerprint density at radius 2 is 1.58 bits per heavy atom. The Bertz CT molecular complexity index is 867. The lowest BCUT2D eigenvalue weighted by Crippen LogP contribution is -2.49. The lowest BCUT2D eigenvalue weighted by Gasteiger charge is -2.25. The summed E-state index contributed by atoms with van der Waals surface area (Å²) >= 11 is 0. The molecule has 2 aromatic rings. The van der Waals surface area contributed by atoms with E-state index in [4.69, 9.17) is 0 Å². The van der Waals surface area contributed by atoms with Crippen molar-refractivity contribution in [3.05, 3.63) is 71.3 Å². The Kier molecular flexibility index (Phi) is 11.0. The number of aliphatic hydroxyl groups is 2. The molecule has 0 saturated heterocycles. The second kappa shape index (κ2) is 13.7. The van der Waals surface area contributed by atoms with E-state index < -0.39 is 18.4 Å². The van der Waals surface area contributed by atoms with Crippen molar-refractivity contribution in [1.82, 2.24) is 15.5 Å². The molecule has 0 spiro atoms. The van der Waals surface area contributed by atoms with Crippen LogP contribution in [0.2, 0.25) is 0 Å². The number of nitrogens with zero attached hydrogens (tertiary/aromatic N) is 1. The lowest BCUT2D eigenvalue weighted by molar-refractivity contribution is 0.0753. The number of aliphatic hydroxyl groups excluding tert-OH is 2. The van der Waals surface area contributed by atoms with Crippen LogP contribution in [0, 0.1) is 0 Å². The Labute approximate surface area is 196 Å². The zero-order valence-corrected chi connectivity index (χ0v) is 19.8. The van der Waals surface area contributed by atoms with Crippen molar-refractivity contribution in [1.29, 1.82) is 0 Å². The highest BCUT2D eigenvalue weighted by Crippen LogP contribution is 2.12. The normalized spacial score (nSPS) is 13.7. The van der Waals surface area contributed by atoms with Crippen LogP contribution in [0.1, 0.15) is 59.9 Å². The first-order chi connectivity index (χ1) is 15.8. The predicted octanol–water partition coefficient (Wildman–Crippen LogP) is 2.58. The Morgan fingerprint density at radius 3 is 2.18 bits per heavy atom. The minimum absolute atomic E-state index is 0.0876. The standard InChI is InChI=1S/C26H37N3O4/c1-4-14-29(15-5-2)26(33)22-13-9-12-21(17-22)25(32)28-23(24(31)18-27-19(3)30)16-20-10-7-6-8-11-20/h6-13,17,19,23-24,27,30-31H,4-5,14-16,18H2,1-3H3,(H,28,32)/t19-,23-,24+/m0/s1. The molecule has 0 aliphatic heterocycles. The largest absolute Gasteiger partial charge is 0.390 e. The number of carbonyl (C=O) groups excluding carboxylic acids is 2. The van der Waals surface area contributed by atoms with Gasteiger partial charge in [0.1, 0.15) is 6.23 Å². The van der Waals surface area contributed by atoms with Gasteiger partial charge in [-0.05, 0) is 49.9 Å². The Balaban J connectivity index is 2.18. The van der Waals surface area contributed by atoms with E-state index in [2.05, 4.69) is 10.6 Å². The molecule has 2 amide bonds. The summed E-state index contributed by atoms with van der Waals surface area (Å²) in [6.07, 6.45) is 0.466. The molecule has 2 rings (SSSR count). The molecular weight excluding hydrogens is 418 g/mol. The number of rotatable bonds is 13. The molecule has 0 radical (unpaired) electrons. The number of hydrogen-bond donors (Lipinski definition) is 4. The molecule has 7 nitrogen and oxygen atoms in total. The number of benzene rings is 2. The van der Waals surface area contributed by atoms with Gasteiger partial charge < -0.3 is 20.4 Å². The predicted molar refractivity (Wildman–Crippen MR) is 130 cm³/mol. The van der Waals surface area contributed by atoms with Crippen LogP contribution in [0.4, 0.5) is 0 Å². The first kappa shape index (κ1) is 26.5. The van der Waals surface area contributed by atoms with Crippen LogP contribution in [0.5, 0.6) is 0 Å². The summed E-state index contributed by atoms with van der Waals surface area (Å²) in [5.41, 5.74) is 1.81. The van der Waals surface area contributed by atoms with Crippen molar-refractivity contribution in [2.75, 3.05) is 19.6 Å². The van der Waals surface area contributed by atoms with Gasteiger partial charge >= 0.3 is 0 Å². The molecule has 0 saturated carbocycles. The van der Waals surface area contributed by atoms with E-state index in [-0.39, 0.29) is 18.4 Å². The molecule has 0 aliphatic rings. The average molecular weight is 456 g/mol. The summed E-state index contributed by atoms with van der Waals surface area (Å²) in [5.74, 6) is -0.449. The summed E-state index contributed by atoms with van der Waals surface area (Å²) < 4.78 is 0. The molecule has 0 aliphatic carbocycles. The zero-order valence-electron chi connectivity index (χ0n) is 19.8. The quantitative estimate of drug-likeness (QED) is 0.348. The molecule has 0 heterocycles. The second-order valence-corrected chi connectivity index (χ2v) is 8.29. The molecular formula is C26H37N3O4. The van der Waals surface area contributed by atoms with Gasteiger partial charge in [0.2, 0.25) is 0 Å². The molecule has 0 aromatic heterocycles. The van der Waals surface area contributed by atoms with Crippen LogP contribution in [-0.2, 0) is 6.42 Å². The number of amides is 2. The molecule has 0 unspecified atom stereocenters. The van der Waals surface area contributed by atoms with Crippen LogP contribution in [0.3, 0.4) is 0 Å². The first-order valence-corrected chi connectivity index (χ1v) is 11.7. The zero-order chi connectivity index (χ0) is 24.2. The smallest absolute Gasteiger partial charge is 0.253 e. The third kappa shape index (κ3) is 8.61. The van der Waals surface area contributed by atoms with Gasteiger partial charge in [-0.2, -0.15) is 0 Å². The monoisotopic (exact) mass is 455 g/mol. The fourth-order valence-electron chi connectivity index (χ4n) is 3.67. The van der Waals surface area contributed by atoms with Crippen molar-refractivity contribution in [3.63, 3.8) is 0 Å². The van der Waals surface area contributed by atoms with Gasteiger partial charge in [-0.15, -0.1) is 0 Å². The van der Waals surface area contributed by atoms with Gasteiger partial charge in [0.05, 0.1) is 12.1 Å². The highest BCUT2D eigenvalue weighted by molar-refractivity contribution is 5.99. The van der Waals surface area contributed by atoms with Crippen LogP contribution < -0.4 is 10.6 Å². The molecule has 4 N–H and O–H groups in total. The van der Waals surface area contributed by atoms with Gasteiger partial charge in [-0.3, -0.25) is 14.9 Å². The maximum absolute atomic E-state index is 13.1. The summed E-state index contributed by atoms with van der Waals surface area (Å²) in [6, 6.07) is 15.7. The maximum Gasteiger partial charge on any atom is 0.253 e. The highest BCUT2D eigenvalue weighted by Gasteiger charge is 2.23. The second-order valence-electron chi connectivity index (χ2n) is 8.29. The number of carbonyl (C=O) groups is 2. The van der Waals surface area contributed by atoms with E-state index in [0.29, 0.717) is 30.6 Å². The van der Waals surface area contributed by atoms with Crippen molar-refractivity contribution in [2.24, 2.45) is 0 Å². The highest BCUT2D eigenvalue weighted by atomic mass is 16.3. The van der Waals surface area contributed by atoms with E-state index in [9.17, 15) is 19.8 Å². The van der Waals surface area contributed by atoms with E-state index in [1.807, 2.05) is 44.2 Å². The summed E-state index contributed by atoms with van der Waals surface area (Å²) in [5, 5.41) is 25.9. The molecule has 0 bridgehead atoms. The van der Waals surface area contributed by atoms with E-state index >= 15 is 0 Å². The molecule has 33 heavy (non-hydrogen) atoms. The third-order valence-corrected chi connectivity index (χ3v) is 5.35.